The number of nitrogens with one attached hydrogen (secondary N) is 1. The predicted molar refractivity (Wildman–Crippen MR) is 47.1 cm³/mol. The molecule has 0 rings (SSSR count). The average molecular weight is 234 g/mol. The molecule has 0 bridgehead atoms. The minimum atomic E-state index is -2.32. The maximum atomic E-state index is 12.1. The number of rotatable bonds is 5. The van der Waals surface area contributed by atoms with Gasteiger partial charge in [0.2, 0.25) is 0 Å². The Bertz CT molecular complexity index is 207. The summed E-state index contributed by atoms with van der Waals surface area (Å²) in [7, 11) is 1.20. The summed E-state index contributed by atoms with van der Waals surface area (Å²) in [5, 5.41) is 2.44. The van der Waals surface area contributed by atoms with Crippen molar-refractivity contribution in [1.29, 1.82) is 0 Å². The van der Waals surface area contributed by atoms with Crippen molar-refractivity contribution in [2.75, 3.05) is 20.2 Å². The molecule has 0 atom stereocenters. The highest BCUT2D eigenvalue weighted by Crippen LogP contribution is 2.11. The smallest absolute Gasteiger partial charge is 0.319 e. The van der Waals surface area contributed by atoms with Crippen LogP contribution in [-0.2, 0) is 9.53 Å². The molecule has 0 radical (unpaired) electrons. The molecule has 3 nitrogen and oxygen atoms in total. The van der Waals surface area contributed by atoms with Crippen molar-refractivity contribution in [1.82, 2.24) is 5.32 Å². The molecule has 0 aliphatic heterocycles. The molecule has 0 fully saturated rings. The third-order valence-corrected chi connectivity index (χ3v) is 1.22. The van der Waals surface area contributed by atoms with Crippen LogP contribution in [0.25, 0.3) is 0 Å². The van der Waals surface area contributed by atoms with Crippen molar-refractivity contribution in [3.05, 3.63) is 11.9 Å². The van der Waals surface area contributed by atoms with Crippen LogP contribution in [0, 0.1) is 0 Å². The van der Waals surface area contributed by atoms with Gasteiger partial charge >= 0.3 is 12.0 Å². The van der Waals surface area contributed by atoms with Gasteiger partial charge in [0, 0.05) is 13.0 Å². The van der Waals surface area contributed by atoms with E-state index in [0.29, 0.717) is 0 Å². The van der Waals surface area contributed by atoms with Crippen LogP contribution in [0.3, 0.4) is 0 Å². The number of esters is 1. The summed E-state index contributed by atoms with van der Waals surface area (Å²) >= 11 is 0. The number of halogens is 4. The molecule has 0 aliphatic rings. The Kier molecular flexibility index (Phi) is 9.91. The van der Waals surface area contributed by atoms with Gasteiger partial charge < -0.3 is 10.1 Å². The van der Waals surface area contributed by atoms with Gasteiger partial charge in [0.25, 0.3) is 0 Å². The second kappa shape index (κ2) is 8.83. The van der Waals surface area contributed by atoms with E-state index in [1.165, 1.54) is 7.11 Å². The van der Waals surface area contributed by atoms with Gasteiger partial charge in [-0.05, 0) is 0 Å². The van der Waals surface area contributed by atoms with Crippen molar-refractivity contribution >= 4 is 18.4 Å². The van der Waals surface area contributed by atoms with E-state index in [1.54, 1.807) is 0 Å². The SMILES string of the molecule is COC(=O)CNCCC(F)=C(F)F.Cl. The molecule has 0 aromatic heterocycles. The normalized spacial score (nSPS) is 8.86. The van der Waals surface area contributed by atoms with Gasteiger partial charge in [0.15, 0.2) is 5.83 Å². The first kappa shape index (κ1) is 15.7. The molecule has 0 aromatic rings. The Balaban J connectivity index is 0. The number of hydrogen-bond donors (Lipinski definition) is 1. The lowest BCUT2D eigenvalue weighted by Gasteiger charge is -2.00. The quantitative estimate of drug-likeness (QED) is 0.580. The van der Waals surface area contributed by atoms with Crippen LogP contribution in [0.2, 0.25) is 0 Å². The van der Waals surface area contributed by atoms with Crippen molar-refractivity contribution in [3.63, 3.8) is 0 Å². The molecule has 0 heterocycles. The monoisotopic (exact) mass is 233 g/mol. The summed E-state index contributed by atoms with van der Waals surface area (Å²) in [6.45, 7) is -0.143. The fourth-order valence-corrected chi connectivity index (χ4v) is 0.555. The number of methoxy groups -OCH3 is 1. The van der Waals surface area contributed by atoms with Crippen molar-refractivity contribution in [3.8, 4) is 0 Å². The van der Waals surface area contributed by atoms with Gasteiger partial charge in [-0.15, -0.1) is 12.4 Å². The van der Waals surface area contributed by atoms with Gasteiger partial charge in [-0.1, -0.05) is 0 Å². The van der Waals surface area contributed by atoms with Crippen molar-refractivity contribution in [2.24, 2.45) is 0 Å². The summed E-state index contributed by atoms with van der Waals surface area (Å²) in [5.41, 5.74) is 0. The average Bonchev–Trinajstić information content (AvgIpc) is 2.11. The highest BCUT2D eigenvalue weighted by molar-refractivity contribution is 5.85. The van der Waals surface area contributed by atoms with Crippen molar-refractivity contribution < 1.29 is 22.7 Å². The summed E-state index contributed by atoms with van der Waals surface area (Å²) in [6.07, 6.45) is -2.75. The standard InChI is InChI=1S/C7H10F3NO2.ClH/c1-13-6(12)4-11-3-2-5(8)7(9)10;/h11H,2-4H2,1H3;1H. The lowest BCUT2D eigenvalue weighted by atomic mass is 10.4. The molecule has 14 heavy (non-hydrogen) atoms. The first-order valence-electron chi connectivity index (χ1n) is 3.55. The van der Waals surface area contributed by atoms with E-state index >= 15 is 0 Å². The Labute approximate surface area is 85.7 Å². The molecular formula is C7H11ClF3NO2. The van der Waals surface area contributed by atoms with Gasteiger partial charge in [-0.3, -0.25) is 4.79 Å². The van der Waals surface area contributed by atoms with E-state index in [-0.39, 0.29) is 25.5 Å². The highest BCUT2D eigenvalue weighted by Gasteiger charge is 2.04. The van der Waals surface area contributed by atoms with Crippen LogP contribution in [0.1, 0.15) is 6.42 Å². The zero-order chi connectivity index (χ0) is 10.3. The minimum Gasteiger partial charge on any atom is -0.468 e. The summed E-state index contributed by atoms with van der Waals surface area (Å²) in [6, 6.07) is 0. The minimum absolute atomic E-state index is 0. The molecule has 0 aliphatic carbocycles. The topological polar surface area (TPSA) is 38.3 Å². The number of carbonyl (C=O) groups is 1. The summed E-state index contributed by atoms with van der Waals surface area (Å²) in [5.74, 6) is -1.98. The molecule has 7 heteroatoms. The fraction of sp³-hybridized carbons (Fsp3) is 0.571. The summed E-state index contributed by atoms with van der Waals surface area (Å²) in [4.78, 5) is 10.5. The van der Waals surface area contributed by atoms with Gasteiger partial charge in [-0.2, -0.15) is 8.78 Å². The molecule has 0 aromatic carbocycles. The second-order valence-electron chi connectivity index (χ2n) is 2.17. The van der Waals surface area contributed by atoms with E-state index in [2.05, 4.69) is 10.1 Å². The third kappa shape index (κ3) is 7.88. The molecule has 0 spiro atoms. The predicted octanol–water partition coefficient (Wildman–Crippen LogP) is 1.64. The molecule has 0 saturated carbocycles. The lowest BCUT2D eigenvalue weighted by molar-refractivity contribution is -0.139. The number of carbonyl (C=O) groups excluding carboxylic acids is 1. The van der Waals surface area contributed by atoms with Gasteiger partial charge in [0.1, 0.15) is 0 Å². The van der Waals surface area contributed by atoms with Crippen LogP contribution >= 0.6 is 12.4 Å². The molecule has 0 unspecified atom stereocenters. The number of hydrogen-bond acceptors (Lipinski definition) is 3. The second-order valence-corrected chi connectivity index (χ2v) is 2.17. The van der Waals surface area contributed by atoms with Crippen LogP contribution in [0.5, 0.6) is 0 Å². The molecule has 0 amide bonds. The van der Waals surface area contributed by atoms with Gasteiger partial charge in [0.05, 0.1) is 13.7 Å². The Hall–Kier alpha value is -0.750. The third-order valence-electron chi connectivity index (χ3n) is 1.22. The first-order valence-corrected chi connectivity index (χ1v) is 3.55. The largest absolute Gasteiger partial charge is 0.468 e. The van der Waals surface area contributed by atoms with Crippen LogP contribution in [0.4, 0.5) is 13.2 Å². The van der Waals surface area contributed by atoms with E-state index < -0.39 is 24.3 Å². The van der Waals surface area contributed by atoms with E-state index in [1.807, 2.05) is 0 Å². The molecule has 1 N–H and O–H groups in total. The molecular weight excluding hydrogens is 223 g/mol. The number of ether oxygens (including phenoxy) is 1. The Morgan fingerprint density at radius 1 is 1.36 bits per heavy atom. The maximum Gasteiger partial charge on any atom is 0.319 e. The van der Waals surface area contributed by atoms with Crippen LogP contribution in [-0.4, -0.2) is 26.2 Å². The Morgan fingerprint density at radius 2 is 1.93 bits per heavy atom. The van der Waals surface area contributed by atoms with Crippen molar-refractivity contribution in [2.45, 2.75) is 6.42 Å². The zero-order valence-corrected chi connectivity index (χ0v) is 8.30. The molecule has 0 saturated heterocycles. The lowest BCUT2D eigenvalue weighted by Crippen LogP contribution is -2.24. The molecule has 84 valence electrons. The zero-order valence-electron chi connectivity index (χ0n) is 7.48. The van der Waals surface area contributed by atoms with E-state index in [4.69, 9.17) is 0 Å². The van der Waals surface area contributed by atoms with E-state index in [9.17, 15) is 18.0 Å². The fourth-order valence-electron chi connectivity index (χ4n) is 0.555. The van der Waals surface area contributed by atoms with E-state index in [0.717, 1.165) is 0 Å². The summed E-state index contributed by atoms with van der Waals surface area (Å²) < 4.78 is 39.3. The van der Waals surface area contributed by atoms with Gasteiger partial charge in [-0.25, -0.2) is 4.39 Å². The van der Waals surface area contributed by atoms with Crippen LogP contribution in [0.15, 0.2) is 11.9 Å². The van der Waals surface area contributed by atoms with Crippen LogP contribution < -0.4 is 5.32 Å². The Morgan fingerprint density at radius 3 is 2.36 bits per heavy atom. The highest BCUT2D eigenvalue weighted by atomic mass is 35.5. The first-order chi connectivity index (χ1) is 6.07. The maximum absolute atomic E-state index is 12.1.